The highest BCUT2D eigenvalue weighted by atomic mass is 35.5. The third kappa shape index (κ3) is 5.98. The van der Waals surface area contributed by atoms with Gasteiger partial charge in [-0.15, -0.1) is 0 Å². The van der Waals surface area contributed by atoms with Crippen LogP contribution < -0.4 is 16.2 Å². The topological polar surface area (TPSA) is 113 Å². The Morgan fingerprint density at radius 3 is 2.39 bits per heavy atom. The van der Waals surface area contributed by atoms with Gasteiger partial charge < -0.3 is 15.7 Å². The normalized spacial score (nSPS) is 11.6. The molecule has 0 unspecified atom stereocenters. The first-order chi connectivity index (χ1) is 15.7. The fourth-order valence-electron chi connectivity index (χ4n) is 3.46. The molecule has 0 aliphatic heterocycles. The molecule has 0 bridgehead atoms. The van der Waals surface area contributed by atoms with Gasteiger partial charge in [0.2, 0.25) is 0 Å². The number of carbonyl (C=O) groups is 2. The summed E-state index contributed by atoms with van der Waals surface area (Å²) in [6.45, 7) is 5.43. The van der Waals surface area contributed by atoms with Gasteiger partial charge in [0, 0.05) is 5.02 Å². The van der Waals surface area contributed by atoms with Crippen molar-refractivity contribution in [2.75, 3.05) is 5.32 Å². The lowest BCUT2D eigenvalue weighted by Crippen LogP contribution is -2.37. The van der Waals surface area contributed by atoms with Crippen LogP contribution in [0.25, 0.3) is 0 Å². The number of benzene rings is 2. The number of nitrogens with one attached hydrogen (secondary N) is 2. The summed E-state index contributed by atoms with van der Waals surface area (Å²) in [4.78, 5) is 41.6. The number of halogens is 1. The van der Waals surface area contributed by atoms with Crippen molar-refractivity contribution in [2.24, 2.45) is 0 Å². The van der Waals surface area contributed by atoms with Crippen LogP contribution >= 0.6 is 11.6 Å². The zero-order valence-corrected chi connectivity index (χ0v) is 19.3. The van der Waals surface area contributed by atoms with Gasteiger partial charge >= 0.3 is 12.0 Å². The van der Waals surface area contributed by atoms with Gasteiger partial charge in [-0.1, -0.05) is 59.6 Å². The Hall–Kier alpha value is -3.65. The highest BCUT2D eigenvalue weighted by Gasteiger charge is 2.20. The maximum absolute atomic E-state index is 13.2. The number of aliphatic carboxylic acids is 1. The van der Waals surface area contributed by atoms with Crippen LogP contribution in [-0.2, 0) is 11.3 Å². The molecule has 0 spiro atoms. The number of carboxylic acid groups (broad SMARTS) is 1. The van der Waals surface area contributed by atoms with Crippen LogP contribution in [0.15, 0.2) is 53.3 Å². The lowest BCUT2D eigenvalue weighted by atomic mass is 10.0. The van der Waals surface area contributed by atoms with Gasteiger partial charge in [-0.3, -0.25) is 14.2 Å². The second kappa shape index (κ2) is 10.3. The van der Waals surface area contributed by atoms with Crippen molar-refractivity contribution in [3.63, 3.8) is 0 Å². The SMILES string of the molecule is Cc1ccc([C@H](CC(=O)O)NC(=O)Nc2c(C)nc(C)n(Cc3ccccc3Cl)c2=O)cc1. The number of hydrogen-bond acceptors (Lipinski definition) is 4. The summed E-state index contributed by atoms with van der Waals surface area (Å²) in [6.07, 6.45) is -0.307. The van der Waals surface area contributed by atoms with Crippen molar-refractivity contribution in [2.45, 2.75) is 39.8 Å². The fourth-order valence-corrected chi connectivity index (χ4v) is 3.65. The first kappa shape index (κ1) is 24.0. The first-order valence-electron chi connectivity index (χ1n) is 10.3. The average molecular weight is 469 g/mol. The predicted octanol–water partition coefficient (Wildman–Crippen LogP) is 4.21. The van der Waals surface area contributed by atoms with E-state index in [-0.39, 0.29) is 18.7 Å². The van der Waals surface area contributed by atoms with Crippen LogP contribution in [0.4, 0.5) is 10.5 Å². The van der Waals surface area contributed by atoms with Gasteiger partial charge in [-0.2, -0.15) is 0 Å². The Labute approximate surface area is 196 Å². The maximum Gasteiger partial charge on any atom is 0.319 e. The van der Waals surface area contributed by atoms with Gasteiger partial charge in [0.1, 0.15) is 11.5 Å². The van der Waals surface area contributed by atoms with Crippen LogP contribution in [-0.4, -0.2) is 26.7 Å². The summed E-state index contributed by atoms with van der Waals surface area (Å²) >= 11 is 6.24. The quantitative estimate of drug-likeness (QED) is 0.480. The van der Waals surface area contributed by atoms with Crippen molar-refractivity contribution < 1.29 is 14.7 Å². The van der Waals surface area contributed by atoms with E-state index in [9.17, 15) is 19.5 Å². The van der Waals surface area contributed by atoms with Gasteiger partial charge in [-0.05, 0) is 38.0 Å². The lowest BCUT2D eigenvalue weighted by molar-refractivity contribution is -0.137. The number of nitrogens with zero attached hydrogens (tertiary/aromatic N) is 2. The molecule has 33 heavy (non-hydrogen) atoms. The van der Waals surface area contributed by atoms with Crippen LogP contribution in [0.5, 0.6) is 0 Å². The Morgan fingerprint density at radius 2 is 1.76 bits per heavy atom. The zero-order chi connectivity index (χ0) is 24.1. The number of anilines is 1. The Balaban J connectivity index is 1.86. The van der Waals surface area contributed by atoms with E-state index in [0.717, 1.165) is 11.1 Å². The monoisotopic (exact) mass is 468 g/mol. The van der Waals surface area contributed by atoms with Crippen molar-refractivity contribution in [1.82, 2.24) is 14.9 Å². The molecular formula is C24H25ClN4O4. The minimum absolute atomic E-state index is 0.0168. The molecule has 172 valence electrons. The largest absolute Gasteiger partial charge is 0.481 e. The number of aryl methyl sites for hydroxylation is 3. The molecule has 0 saturated carbocycles. The summed E-state index contributed by atoms with van der Waals surface area (Å²) < 4.78 is 1.43. The van der Waals surface area contributed by atoms with E-state index < -0.39 is 23.6 Å². The summed E-state index contributed by atoms with van der Waals surface area (Å²) in [5.41, 5.74) is 2.34. The van der Waals surface area contributed by atoms with Gasteiger partial charge in [-0.25, -0.2) is 9.78 Å². The van der Waals surface area contributed by atoms with E-state index in [1.54, 1.807) is 38.1 Å². The molecule has 0 aliphatic rings. The molecule has 2 aromatic carbocycles. The smallest absolute Gasteiger partial charge is 0.319 e. The van der Waals surface area contributed by atoms with Crippen LogP contribution in [0.2, 0.25) is 5.02 Å². The van der Waals surface area contributed by atoms with E-state index in [1.807, 2.05) is 31.2 Å². The van der Waals surface area contributed by atoms with Gasteiger partial charge in [0.25, 0.3) is 5.56 Å². The van der Waals surface area contributed by atoms with Gasteiger partial charge in [0.15, 0.2) is 0 Å². The lowest BCUT2D eigenvalue weighted by Gasteiger charge is -2.19. The molecule has 0 aliphatic carbocycles. The number of amides is 2. The molecule has 1 atom stereocenters. The minimum Gasteiger partial charge on any atom is -0.481 e. The van der Waals surface area contributed by atoms with Crippen molar-refractivity contribution in [3.8, 4) is 0 Å². The van der Waals surface area contributed by atoms with E-state index in [1.165, 1.54) is 4.57 Å². The van der Waals surface area contributed by atoms with E-state index in [0.29, 0.717) is 22.1 Å². The second-order valence-electron chi connectivity index (χ2n) is 7.76. The third-order valence-electron chi connectivity index (χ3n) is 5.23. The number of urea groups is 1. The van der Waals surface area contributed by atoms with Crippen molar-refractivity contribution >= 4 is 29.3 Å². The Kier molecular flexibility index (Phi) is 7.50. The molecule has 8 nitrogen and oxygen atoms in total. The van der Waals surface area contributed by atoms with Crippen LogP contribution in [0, 0.1) is 20.8 Å². The first-order valence-corrected chi connectivity index (χ1v) is 10.7. The molecule has 0 radical (unpaired) electrons. The van der Waals surface area contributed by atoms with Crippen molar-refractivity contribution in [3.05, 3.63) is 92.1 Å². The van der Waals surface area contributed by atoms with Crippen molar-refractivity contribution in [1.29, 1.82) is 0 Å². The summed E-state index contributed by atoms with van der Waals surface area (Å²) in [7, 11) is 0. The predicted molar refractivity (Wildman–Crippen MR) is 127 cm³/mol. The molecule has 0 saturated heterocycles. The molecule has 0 fully saturated rings. The maximum atomic E-state index is 13.2. The molecule has 1 heterocycles. The van der Waals surface area contributed by atoms with Gasteiger partial charge in [0.05, 0.1) is 24.7 Å². The second-order valence-corrected chi connectivity index (χ2v) is 8.17. The molecule has 9 heteroatoms. The number of aromatic nitrogens is 2. The summed E-state index contributed by atoms with van der Waals surface area (Å²) in [6, 6.07) is 12.9. The van der Waals surface area contributed by atoms with Crippen LogP contribution in [0.3, 0.4) is 0 Å². The molecule has 3 aromatic rings. The van der Waals surface area contributed by atoms with E-state index >= 15 is 0 Å². The average Bonchev–Trinajstić information content (AvgIpc) is 2.75. The minimum atomic E-state index is -1.06. The highest BCUT2D eigenvalue weighted by Crippen LogP contribution is 2.19. The fraction of sp³-hybridized carbons (Fsp3) is 0.250. The zero-order valence-electron chi connectivity index (χ0n) is 18.6. The standard InChI is InChI=1S/C24H25ClN4O4/c1-14-8-10-17(11-9-14)20(12-21(30)31)27-24(33)28-22-15(2)26-16(3)29(23(22)32)13-18-6-4-5-7-19(18)25/h4-11,20H,12-13H2,1-3H3,(H,30,31)(H2,27,28,33)/t20-/m0/s1. The van der Waals surface area contributed by atoms with E-state index in [2.05, 4.69) is 15.6 Å². The molecular weight excluding hydrogens is 444 g/mol. The molecule has 3 N–H and O–H groups in total. The number of carbonyl (C=O) groups excluding carboxylic acids is 1. The Morgan fingerprint density at radius 1 is 1.09 bits per heavy atom. The number of hydrogen-bond donors (Lipinski definition) is 3. The Bertz CT molecular complexity index is 1240. The van der Waals surface area contributed by atoms with Crippen LogP contribution in [0.1, 0.15) is 40.7 Å². The number of rotatable bonds is 7. The van der Waals surface area contributed by atoms with E-state index in [4.69, 9.17) is 11.6 Å². The summed E-state index contributed by atoms with van der Waals surface area (Å²) in [5.74, 6) is -0.581. The number of carboxylic acids is 1. The third-order valence-corrected chi connectivity index (χ3v) is 5.60. The molecule has 2 amide bonds. The highest BCUT2D eigenvalue weighted by molar-refractivity contribution is 6.31. The molecule has 3 rings (SSSR count). The molecule has 1 aromatic heterocycles. The summed E-state index contributed by atoms with van der Waals surface area (Å²) in [5, 5.41) is 15.0.